The summed E-state index contributed by atoms with van der Waals surface area (Å²) in [5.41, 5.74) is 4.70. The zero-order valence-corrected chi connectivity index (χ0v) is 13.5. The number of nitrogens with one attached hydrogen (secondary N) is 4. The van der Waals surface area contributed by atoms with Gasteiger partial charge in [0.25, 0.3) is 0 Å². The maximum absolute atomic E-state index is 8.66. The Balaban J connectivity index is 1.69. The molecule has 0 aliphatic rings. The first-order chi connectivity index (χ1) is 12.1. The third kappa shape index (κ3) is 5.48. The molecular formula is C17H20N4O4. The summed E-state index contributed by atoms with van der Waals surface area (Å²) in [6.07, 6.45) is 0.686. The summed E-state index contributed by atoms with van der Waals surface area (Å²) in [5, 5.41) is 32.2. The van der Waals surface area contributed by atoms with Crippen LogP contribution < -0.4 is 20.4 Å². The largest absolute Gasteiger partial charge is 0.493 e. The Morgan fingerprint density at radius 1 is 0.720 bits per heavy atom. The van der Waals surface area contributed by atoms with Crippen LogP contribution in [0.4, 0.5) is 0 Å². The molecule has 0 spiro atoms. The van der Waals surface area contributed by atoms with Crippen LogP contribution in [-0.4, -0.2) is 35.3 Å². The molecule has 0 fully saturated rings. The van der Waals surface area contributed by atoms with Crippen LogP contribution in [0, 0.1) is 10.8 Å². The van der Waals surface area contributed by atoms with Crippen molar-refractivity contribution in [2.75, 3.05) is 13.2 Å². The van der Waals surface area contributed by atoms with Crippen molar-refractivity contribution in [3.63, 3.8) is 0 Å². The quantitative estimate of drug-likeness (QED) is 0.188. The Bertz CT molecular complexity index is 640. The van der Waals surface area contributed by atoms with Crippen molar-refractivity contribution in [3.05, 3.63) is 59.7 Å². The average molecular weight is 344 g/mol. The second kappa shape index (κ2) is 9.26. The topological polar surface area (TPSA) is 131 Å². The van der Waals surface area contributed by atoms with Crippen molar-refractivity contribution in [1.29, 1.82) is 10.8 Å². The van der Waals surface area contributed by atoms with E-state index in [0.29, 0.717) is 42.3 Å². The van der Waals surface area contributed by atoms with Gasteiger partial charge >= 0.3 is 0 Å². The fourth-order valence-corrected chi connectivity index (χ4v) is 2.00. The lowest BCUT2D eigenvalue weighted by molar-refractivity contribution is 0.234. The van der Waals surface area contributed by atoms with Crippen molar-refractivity contribution in [2.45, 2.75) is 6.42 Å². The van der Waals surface area contributed by atoms with Crippen molar-refractivity contribution in [3.8, 4) is 11.5 Å². The standard InChI is InChI=1S/C17H20N4O4/c18-16(20-22)12-2-6-14(7-3-12)24-10-1-11-25-15-8-4-13(5-9-15)17(19)21-23/h2-9,22-23H,1,10-11H2,(H2,18,20)(H2,19,21). The van der Waals surface area contributed by atoms with Crippen LogP contribution in [0.3, 0.4) is 0 Å². The second-order valence-electron chi connectivity index (χ2n) is 5.07. The highest BCUT2D eigenvalue weighted by Gasteiger charge is 2.02. The molecule has 2 rings (SSSR count). The van der Waals surface area contributed by atoms with E-state index >= 15 is 0 Å². The molecule has 0 heterocycles. The molecule has 0 aromatic heterocycles. The van der Waals surface area contributed by atoms with Crippen molar-refractivity contribution >= 4 is 11.7 Å². The molecule has 8 heteroatoms. The third-order valence-corrected chi connectivity index (χ3v) is 3.34. The molecule has 0 saturated carbocycles. The fourth-order valence-electron chi connectivity index (χ4n) is 2.00. The van der Waals surface area contributed by atoms with Gasteiger partial charge in [0, 0.05) is 17.5 Å². The van der Waals surface area contributed by atoms with Gasteiger partial charge < -0.3 is 9.47 Å². The lowest BCUT2D eigenvalue weighted by Gasteiger charge is -2.09. The predicted molar refractivity (Wildman–Crippen MR) is 92.0 cm³/mol. The second-order valence-corrected chi connectivity index (χ2v) is 5.07. The van der Waals surface area contributed by atoms with E-state index < -0.39 is 0 Å². The van der Waals surface area contributed by atoms with Crippen molar-refractivity contribution in [2.24, 2.45) is 0 Å². The normalized spacial score (nSPS) is 10.0. The molecule has 2 aromatic carbocycles. The number of rotatable bonds is 8. The van der Waals surface area contributed by atoms with Gasteiger partial charge in [-0.3, -0.25) is 32.2 Å². The maximum atomic E-state index is 8.66. The predicted octanol–water partition coefficient (Wildman–Crippen LogP) is 2.14. The summed E-state index contributed by atoms with van der Waals surface area (Å²) in [4.78, 5) is 0. The SMILES string of the molecule is N=C(NO)c1ccc(OCCCOc2ccc(C(=N)NO)cc2)cc1. The third-order valence-electron chi connectivity index (χ3n) is 3.34. The Morgan fingerprint density at radius 2 is 1.08 bits per heavy atom. The van der Waals surface area contributed by atoms with Crippen LogP contribution in [0.15, 0.2) is 48.5 Å². The number of amidine groups is 2. The number of ether oxygens (including phenoxy) is 2. The van der Waals surface area contributed by atoms with Gasteiger partial charge in [-0.2, -0.15) is 0 Å². The molecule has 0 bridgehead atoms. The molecule has 0 aliphatic heterocycles. The zero-order chi connectivity index (χ0) is 18.1. The fraction of sp³-hybridized carbons (Fsp3) is 0.176. The highest BCUT2D eigenvalue weighted by molar-refractivity contribution is 5.96. The minimum atomic E-state index is -0.0733. The Morgan fingerprint density at radius 3 is 1.40 bits per heavy atom. The molecular weight excluding hydrogens is 324 g/mol. The molecule has 25 heavy (non-hydrogen) atoms. The molecule has 0 amide bonds. The van der Waals surface area contributed by atoms with Crippen LogP contribution in [0.2, 0.25) is 0 Å². The lowest BCUT2D eigenvalue weighted by atomic mass is 10.2. The number of benzene rings is 2. The van der Waals surface area contributed by atoms with E-state index in [4.69, 9.17) is 30.7 Å². The van der Waals surface area contributed by atoms with Gasteiger partial charge in [-0.25, -0.2) is 0 Å². The summed E-state index contributed by atoms with van der Waals surface area (Å²) in [6.45, 7) is 0.957. The van der Waals surface area contributed by atoms with Gasteiger partial charge in [-0.1, -0.05) is 0 Å². The molecule has 6 N–H and O–H groups in total. The first-order valence-corrected chi connectivity index (χ1v) is 7.58. The van der Waals surface area contributed by atoms with Crippen LogP contribution in [-0.2, 0) is 0 Å². The average Bonchev–Trinajstić information content (AvgIpc) is 2.67. The Labute approximate surface area is 145 Å². The van der Waals surface area contributed by atoms with Crippen LogP contribution in [0.1, 0.15) is 17.5 Å². The van der Waals surface area contributed by atoms with Crippen LogP contribution in [0.5, 0.6) is 11.5 Å². The molecule has 0 aliphatic carbocycles. The minimum absolute atomic E-state index is 0.0733. The Hall–Kier alpha value is -3.10. The van der Waals surface area contributed by atoms with Crippen molar-refractivity contribution in [1.82, 2.24) is 11.0 Å². The summed E-state index contributed by atoms with van der Waals surface area (Å²) < 4.78 is 11.2. The van der Waals surface area contributed by atoms with Gasteiger partial charge in [-0.15, -0.1) is 0 Å². The Kier molecular flexibility index (Phi) is 6.76. The number of hydrogen-bond acceptors (Lipinski definition) is 6. The highest BCUT2D eigenvalue weighted by atomic mass is 16.5. The molecule has 0 saturated heterocycles. The molecule has 132 valence electrons. The molecule has 0 atom stereocenters. The van der Waals surface area contributed by atoms with E-state index in [2.05, 4.69) is 0 Å². The first-order valence-electron chi connectivity index (χ1n) is 7.58. The van der Waals surface area contributed by atoms with Gasteiger partial charge in [0.1, 0.15) is 23.2 Å². The monoisotopic (exact) mass is 344 g/mol. The zero-order valence-electron chi connectivity index (χ0n) is 13.5. The summed E-state index contributed by atoms with van der Waals surface area (Å²) in [7, 11) is 0. The minimum Gasteiger partial charge on any atom is -0.493 e. The van der Waals surface area contributed by atoms with Crippen LogP contribution in [0.25, 0.3) is 0 Å². The van der Waals surface area contributed by atoms with E-state index in [1.54, 1.807) is 59.5 Å². The van der Waals surface area contributed by atoms with Gasteiger partial charge in [0.15, 0.2) is 0 Å². The number of hydroxylamine groups is 2. The van der Waals surface area contributed by atoms with Gasteiger partial charge in [-0.05, 0) is 48.5 Å². The van der Waals surface area contributed by atoms with Gasteiger partial charge in [0.2, 0.25) is 0 Å². The van der Waals surface area contributed by atoms with Crippen molar-refractivity contribution < 1.29 is 19.9 Å². The summed E-state index contributed by atoms with van der Waals surface area (Å²) in [6, 6.07) is 13.6. The van der Waals surface area contributed by atoms with E-state index in [0.717, 1.165) is 0 Å². The first kappa shape index (κ1) is 18.2. The molecule has 8 nitrogen and oxygen atoms in total. The molecule has 2 aromatic rings. The molecule has 0 unspecified atom stereocenters. The molecule has 0 radical (unpaired) electrons. The number of hydrogen-bond donors (Lipinski definition) is 6. The highest BCUT2D eigenvalue weighted by Crippen LogP contribution is 2.14. The van der Waals surface area contributed by atoms with E-state index in [-0.39, 0.29) is 11.7 Å². The van der Waals surface area contributed by atoms with E-state index in [9.17, 15) is 0 Å². The van der Waals surface area contributed by atoms with Crippen LogP contribution >= 0.6 is 0 Å². The summed E-state index contributed by atoms with van der Waals surface area (Å²) >= 11 is 0. The van der Waals surface area contributed by atoms with Gasteiger partial charge in [0.05, 0.1) is 13.2 Å². The smallest absolute Gasteiger partial charge is 0.149 e. The lowest BCUT2D eigenvalue weighted by Crippen LogP contribution is -2.18. The van der Waals surface area contributed by atoms with E-state index in [1.165, 1.54) is 0 Å². The van der Waals surface area contributed by atoms with E-state index in [1.807, 2.05) is 0 Å². The maximum Gasteiger partial charge on any atom is 0.149 e. The summed E-state index contributed by atoms with van der Waals surface area (Å²) in [5.74, 6) is 1.20.